The molecule has 0 aliphatic rings. The quantitative estimate of drug-likeness (QED) is 0.754. The van der Waals surface area contributed by atoms with Crippen LogP contribution in [0, 0.1) is 0 Å². The zero-order valence-electron chi connectivity index (χ0n) is 11.3. The molecule has 9 heteroatoms. The summed E-state index contributed by atoms with van der Waals surface area (Å²) in [5.74, 6) is -2.54. The molecule has 0 heterocycles. The van der Waals surface area contributed by atoms with Crippen LogP contribution in [-0.2, 0) is 14.3 Å². The fourth-order valence-corrected chi connectivity index (χ4v) is 1.29. The van der Waals surface area contributed by atoms with Crippen molar-refractivity contribution >= 4 is 17.8 Å². The molecule has 0 aromatic heterocycles. The first-order valence-corrected chi connectivity index (χ1v) is 6.10. The van der Waals surface area contributed by atoms with E-state index in [2.05, 4.69) is 10.1 Å². The number of hydrogen-bond acceptors (Lipinski definition) is 4. The second-order valence-corrected chi connectivity index (χ2v) is 4.10. The molecule has 1 rings (SSSR count). The van der Waals surface area contributed by atoms with Crippen molar-refractivity contribution < 1.29 is 32.3 Å². The van der Waals surface area contributed by atoms with Crippen LogP contribution in [0.15, 0.2) is 30.3 Å². The van der Waals surface area contributed by atoms with Gasteiger partial charge in [-0.3, -0.25) is 14.4 Å². The molecule has 0 saturated carbocycles. The van der Waals surface area contributed by atoms with E-state index in [-0.39, 0.29) is 0 Å². The highest BCUT2D eigenvalue weighted by molar-refractivity contribution is 5.96. The first-order valence-electron chi connectivity index (χ1n) is 6.10. The van der Waals surface area contributed by atoms with Gasteiger partial charge in [-0.05, 0) is 12.1 Å². The van der Waals surface area contributed by atoms with Crippen LogP contribution in [0.1, 0.15) is 10.4 Å². The molecule has 0 aliphatic heterocycles. The molecular formula is C13H13F3N2O4. The lowest BCUT2D eigenvalue weighted by atomic mass is 10.2. The van der Waals surface area contributed by atoms with Crippen molar-refractivity contribution in [2.24, 2.45) is 0 Å². The minimum Gasteiger partial charge on any atom is -0.454 e. The largest absolute Gasteiger partial charge is 0.454 e. The van der Waals surface area contributed by atoms with E-state index < -0.39 is 43.7 Å². The van der Waals surface area contributed by atoms with Crippen LogP contribution in [0.25, 0.3) is 0 Å². The normalized spacial score (nSPS) is 10.7. The lowest BCUT2D eigenvalue weighted by Gasteiger charge is -2.09. The summed E-state index contributed by atoms with van der Waals surface area (Å²) in [5, 5.41) is 3.79. The van der Waals surface area contributed by atoms with Gasteiger partial charge < -0.3 is 15.4 Å². The molecule has 0 atom stereocenters. The molecule has 2 N–H and O–H groups in total. The number of halogens is 3. The van der Waals surface area contributed by atoms with Crippen molar-refractivity contribution in [2.45, 2.75) is 6.18 Å². The highest BCUT2D eigenvalue weighted by atomic mass is 19.4. The number of alkyl halides is 3. The molecule has 22 heavy (non-hydrogen) atoms. The summed E-state index contributed by atoms with van der Waals surface area (Å²) in [6.07, 6.45) is -4.54. The Kier molecular flexibility index (Phi) is 6.36. The Morgan fingerprint density at radius 3 is 2.27 bits per heavy atom. The van der Waals surface area contributed by atoms with Crippen molar-refractivity contribution in [3.05, 3.63) is 35.9 Å². The van der Waals surface area contributed by atoms with Gasteiger partial charge in [-0.2, -0.15) is 13.2 Å². The highest BCUT2D eigenvalue weighted by Crippen LogP contribution is 2.11. The van der Waals surface area contributed by atoms with E-state index in [0.717, 1.165) is 0 Å². The lowest BCUT2D eigenvalue weighted by Crippen LogP contribution is -2.37. The van der Waals surface area contributed by atoms with Crippen molar-refractivity contribution in [3.8, 4) is 0 Å². The average Bonchev–Trinajstić information content (AvgIpc) is 2.48. The third-order valence-electron chi connectivity index (χ3n) is 2.28. The number of rotatable bonds is 6. The second kappa shape index (κ2) is 8.01. The zero-order valence-corrected chi connectivity index (χ0v) is 11.3. The van der Waals surface area contributed by atoms with Gasteiger partial charge in [0.15, 0.2) is 6.61 Å². The van der Waals surface area contributed by atoms with Gasteiger partial charge in [0.05, 0.1) is 0 Å². The molecule has 1 aromatic carbocycles. The third-order valence-corrected chi connectivity index (χ3v) is 2.28. The van der Waals surface area contributed by atoms with E-state index in [9.17, 15) is 27.6 Å². The van der Waals surface area contributed by atoms with E-state index in [1.165, 1.54) is 12.1 Å². The minimum atomic E-state index is -4.54. The Bertz CT molecular complexity index is 532. The number of benzene rings is 1. The van der Waals surface area contributed by atoms with Crippen LogP contribution in [0.2, 0.25) is 0 Å². The predicted octanol–water partition coefficient (Wildman–Crippen LogP) is 0.638. The number of carbonyl (C=O) groups is 3. The van der Waals surface area contributed by atoms with Crippen LogP contribution in [0.4, 0.5) is 13.2 Å². The first kappa shape index (κ1) is 17.5. The molecule has 0 aliphatic carbocycles. The van der Waals surface area contributed by atoms with Crippen LogP contribution in [-0.4, -0.2) is 43.7 Å². The van der Waals surface area contributed by atoms with Crippen LogP contribution in [0.3, 0.4) is 0 Å². The van der Waals surface area contributed by atoms with Gasteiger partial charge in [0, 0.05) is 5.56 Å². The van der Waals surface area contributed by atoms with E-state index in [0.29, 0.717) is 5.56 Å². The molecule has 0 bridgehead atoms. The Balaban J connectivity index is 2.24. The summed E-state index contributed by atoms with van der Waals surface area (Å²) in [4.78, 5) is 33.8. The number of nitrogens with one attached hydrogen (secondary N) is 2. The van der Waals surface area contributed by atoms with Crippen molar-refractivity contribution in [1.29, 1.82) is 0 Å². The van der Waals surface area contributed by atoms with Crippen molar-refractivity contribution in [2.75, 3.05) is 19.7 Å². The standard InChI is InChI=1S/C13H13F3N2O4/c14-13(15,16)8-18-10(19)7-22-11(20)6-17-12(21)9-4-2-1-3-5-9/h1-5H,6-8H2,(H,17,21)(H,18,19). The van der Waals surface area contributed by atoms with Gasteiger partial charge in [0.25, 0.3) is 11.8 Å². The zero-order chi connectivity index (χ0) is 16.6. The molecule has 6 nitrogen and oxygen atoms in total. The summed E-state index contributed by atoms with van der Waals surface area (Å²) in [6, 6.07) is 8.05. The van der Waals surface area contributed by atoms with Crippen molar-refractivity contribution in [3.63, 3.8) is 0 Å². The molecule has 120 valence electrons. The molecule has 0 radical (unpaired) electrons. The molecule has 1 aromatic rings. The molecule has 0 fully saturated rings. The summed E-state index contributed by atoms with van der Waals surface area (Å²) in [6.45, 7) is -2.86. The number of esters is 1. The van der Waals surface area contributed by atoms with Gasteiger partial charge in [0.2, 0.25) is 0 Å². The van der Waals surface area contributed by atoms with Crippen LogP contribution < -0.4 is 10.6 Å². The number of ether oxygens (including phenoxy) is 1. The summed E-state index contributed by atoms with van der Waals surface area (Å²) < 4.78 is 39.9. The van der Waals surface area contributed by atoms with Gasteiger partial charge in [-0.1, -0.05) is 18.2 Å². The number of amides is 2. The Morgan fingerprint density at radius 1 is 1.05 bits per heavy atom. The fourth-order valence-electron chi connectivity index (χ4n) is 1.29. The Morgan fingerprint density at radius 2 is 1.68 bits per heavy atom. The molecule has 2 amide bonds. The maximum absolute atomic E-state index is 11.8. The maximum atomic E-state index is 11.8. The SMILES string of the molecule is O=C(COC(=O)CNC(=O)c1ccccc1)NCC(F)(F)F. The van der Waals surface area contributed by atoms with E-state index in [1.807, 2.05) is 0 Å². The Labute approximate surface area is 123 Å². The molecule has 0 unspecified atom stereocenters. The topological polar surface area (TPSA) is 84.5 Å². The molecule has 0 spiro atoms. The molecular weight excluding hydrogens is 305 g/mol. The minimum absolute atomic E-state index is 0.332. The number of hydrogen-bond donors (Lipinski definition) is 2. The Hall–Kier alpha value is -2.58. The monoisotopic (exact) mass is 318 g/mol. The predicted molar refractivity (Wildman–Crippen MR) is 68.8 cm³/mol. The van der Waals surface area contributed by atoms with Gasteiger partial charge >= 0.3 is 12.1 Å². The van der Waals surface area contributed by atoms with E-state index in [4.69, 9.17) is 0 Å². The van der Waals surface area contributed by atoms with E-state index >= 15 is 0 Å². The summed E-state index contributed by atoms with van der Waals surface area (Å²) >= 11 is 0. The van der Waals surface area contributed by atoms with Gasteiger partial charge in [-0.25, -0.2) is 0 Å². The first-order chi connectivity index (χ1) is 10.3. The smallest absolute Gasteiger partial charge is 0.405 e. The third kappa shape index (κ3) is 7.27. The van der Waals surface area contributed by atoms with Gasteiger partial charge in [-0.15, -0.1) is 0 Å². The number of carbonyl (C=O) groups excluding carboxylic acids is 3. The molecule has 0 saturated heterocycles. The lowest BCUT2D eigenvalue weighted by molar-refractivity contribution is -0.150. The second-order valence-electron chi connectivity index (χ2n) is 4.10. The van der Waals surface area contributed by atoms with E-state index in [1.54, 1.807) is 23.5 Å². The summed E-state index contributed by atoms with van der Waals surface area (Å²) in [5.41, 5.74) is 0.332. The van der Waals surface area contributed by atoms with Crippen LogP contribution >= 0.6 is 0 Å². The average molecular weight is 318 g/mol. The van der Waals surface area contributed by atoms with Gasteiger partial charge in [0.1, 0.15) is 13.1 Å². The summed E-state index contributed by atoms with van der Waals surface area (Å²) in [7, 11) is 0. The maximum Gasteiger partial charge on any atom is 0.405 e. The highest BCUT2D eigenvalue weighted by Gasteiger charge is 2.27. The van der Waals surface area contributed by atoms with Crippen molar-refractivity contribution in [1.82, 2.24) is 10.6 Å². The van der Waals surface area contributed by atoms with Crippen LogP contribution in [0.5, 0.6) is 0 Å². The fraction of sp³-hybridized carbons (Fsp3) is 0.308.